The van der Waals surface area contributed by atoms with Gasteiger partial charge in [0.2, 0.25) is 0 Å². The molecule has 0 unspecified atom stereocenters. The van der Waals surface area contributed by atoms with Crippen LogP contribution in [0.2, 0.25) is 10.2 Å². The van der Waals surface area contributed by atoms with Crippen molar-refractivity contribution in [3.8, 4) is 5.75 Å². The van der Waals surface area contributed by atoms with Crippen molar-refractivity contribution in [1.82, 2.24) is 9.55 Å². The highest BCUT2D eigenvalue weighted by atomic mass is 35.5. The number of aryl methyl sites for hydroxylation is 1. The largest absolute Gasteiger partial charge is 0.494 e. The van der Waals surface area contributed by atoms with Gasteiger partial charge in [-0.3, -0.25) is 14.6 Å². The molecule has 0 bridgehead atoms. The topological polar surface area (TPSA) is 73.2 Å². The van der Waals surface area contributed by atoms with Crippen molar-refractivity contribution in [3.63, 3.8) is 0 Å². The molecule has 0 spiro atoms. The zero-order chi connectivity index (χ0) is 23.5. The number of carbonyl (C=O) groups is 2. The van der Waals surface area contributed by atoms with Gasteiger partial charge in [-0.1, -0.05) is 35.3 Å². The summed E-state index contributed by atoms with van der Waals surface area (Å²) in [7, 11) is 0. The number of pyridine rings is 1. The molecule has 0 saturated heterocycles. The second kappa shape index (κ2) is 9.65. The maximum Gasteiger partial charge on any atom is 0.296 e. The third-order valence-electron chi connectivity index (χ3n) is 5.12. The van der Waals surface area contributed by atoms with Crippen molar-refractivity contribution >= 4 is 51.5 Å². The highest BCUT2D eigenvalue weighted by Crippen LogP contribution is 2.34. The van der Waals surface area contributed by atoms with Crippen LogP contribution >= 0.6 is 23.2 Å². The zero-order valence-electron chi connectivity index (χ0n) is 18.1. The molecule has 0 aliphatic carbocycles. The van der Waals surface area contributed by atoms with E-state index in [9.17, 15) is 9.59 Å². The van der Waals surface area contributed by atoms with Gasteiger partial charge in [0.15, 0.2) is 0 Å². The molecule has 1 N–H and O–H groups in total. The Morgan fingerprint density at radius 3 is 2.52 bits per heavy atom. The number of benzene rings is 2. The Bertz CT molecular complexity index is 1350. The Kier molecular flexibility index (Phi) is 6.67. The fourth-order valence-corrected chi connectivity index (χ4v) is 4.09. The van der Waals surface area contributed by atoms with Gasteiger partial charge in [0.25, 0.3) is 11.7 Å². The Morgan fingerprint density at radius 2 is 1.82 bits per heavy atom. The first-order valence-electron chi connectivity index (χ1n) is 10.3. The quantitative estimate of drug-likeness (QED) is 0.262. The summed E-state index contributed by atoms with van der Waals surface area (Å²) in [4.78, 5) is 30.2. The van der Waals surface area contributed by atoms with Crippen LogP contribution in [0.3, 0.4) is 0 Å². The summed E-state index contributed by atoms with van der Waals surface area (Å²) in [5.41, 5.74) is 3.00. The number of hydrogen-bond donors (Lipinski definition) is 1. The number of nitrogens with zero attached hydrogens (tertiary/aromatic N) is 2. The van der Waals surface area contributed by atoms with Gasteiger partial charge in [-0.25, -0.2) is 0 Å². The van der Waals surface area contributed by atoms with Gasteiger partial charge in [-0.15, -0.1) is 0 Å². The molecular weight excluding hydrogens is 461 g/mol. The van der Waals surface area contributed by atoms with Crippen LogP contribution in [0, 0.1) is 6.92 Å². The van der Waals surface area contributed by atoms with Gasteiger partial charge in [0, 0.05) is 34.5 Å². The Labute approximate surface area is 201 Å². The van der Waals surface area contributed by atoms with E-state index in [-0.39, 0.29) is 10.7 Å². The first-order chi connectivity index (χ1) is 15.9. The van der Waals surface area contributed by atoms with Gasteiger partial charge in [0.1, 0.15) is 10.9 Å². The molecule has 0 atom stereocenters. The summed E-state index contributed by atoms with van der Waals surface area (Å²) in [6.45, 7) is 4.54. The maximum absolute atomic E-state index is 13.3. The molecule has 0 saturated carbocycles. The van der Waals surface area contributed by atoms with Crippen molar-refractivity contribution in [2.24, 2.45) is 0 Å². The van der Waals surface area contributed by atoms with E-state index < -0.39 is 11.7 Å². The number of rotatable bonds is 7. The number of carbonyl (C=O) groups excluding carboxylic acids is 2. The summed E-state index contributed by atoms with van der Waals surface area (Å²) in [5, 5.41) is 3.99. The van der Waals surface area contributed by atoms with Crippen LogP contribution in [-0.4, -0.2) is 27.8 Å². The number of amides is 1. The Morgan fingerprint density at radius 1 is 1.06 bits per heavy atom. The highest BCUT2D eigenvalue weighted by Gasteiger charge is 2.27. The van der Waals surface area contributed by atoms with Crippen molar-refractivity contribution in [2.75, 3.05) is 11.9 Å². The second-order valence-electron chi connectivity index (χ2n) is 7.46. The van der Waals surface area contributed by atoms with E-state index in [1.807, 2.05) is 31.2 Å². The van der Waals surface area contributed by atoms with Gasteiger partial charge in [-0.2, -0.15) is 0 Å². The first-order valence-corrected chi connectivity index (χ1v) is 11.1. The molecule has 2 aromatic heterocycles. The molecule has 0 radical (unpaired) electrons. The number of ether oxygens (including phenoxy) is 1. The van der Waals surface area contributed by atoms with Crippen LogP contribution in [0.25, 0.3) is 10.9 Å². The molecule has 1 amide bonds. The summed E-state index contributed by atoms with van der Waals surface area (Å²) >= 11 is 12.7. The van der Waals surface area contributed by atoms with Crippen LogP contribution in [0.1, 0.15) is 28.5 Å². The monoisotopic (exact) mass is 481 g/mol. The normalized spacial score (nSPS) is 10.9. The maximum atomic E-state index is 13.3. The lowest BCUT2D eigenvalue weighted by atomic mass is 10.1. The van der Waals surface area contributed by atoms with Crippen LogP contribution in [0.5, 0.6) is 5.75 Å². The fraction of sp³-hybridized carbons (Fsp3) is 0.160. The third-order valence-corrected chi connectivity index (χ3v) is 5.77. The summed E-state index contributed by atoms with van der Waals surface area (Å²) < 4.78 is 7.41. The number of nitrogens with one attached hydrogen (secondary N) is 1. The molecule has 0 aliphatic rings. The SMILES string of the molecule is CCOc1ccc2c(c1)c(C(=O)C(=O)Nc1ccnc(C)c1)c(Cl)n2Cc1ccc(Cl)cc1. The van der Waals surface area contributed by atoms with Gasteiger partial charge in [0.05, 0.1) is 17.7 Å². The molecule has 2 aromatic carbocycles. The van der Waals surface area contributed by atoms with E-state index in [0.29, 0.717) is 40.5 Å². The Hall–Kier alpha value is -3.35. The van der Waals surface area contributed by atoms with Crippen molar-refractivity contribution in [1.29, 1.82) is 0 Å². The van der Waals surface area contributed by atoms with Crippen molar-refractivity contribution < 1.29 is 14.3 Å². The number of anilines is 1. The Balaban J connectivity index is 1.77. The van der Waals surface area contributed by atoms with Crippen LogP contribution < -0.4 is 10.1 Å². The predicted octanol–water partition coefficient (Wildman–Crippen LogP) is 5.92. The van der Waals surface area contributed by atoms with Crippen molar-refractivity contribution in [2.45, 2.75) is 20.4 Å². The molecule has 8 heteroatoms. The van der Waals surface area contributed by atoms with E-state index >= 15 is 0 Å². The van der Waals surface area contributed by atoms with E-state index in [0.717, 1.165) is 11.3 Å². The second-order valence-corrected chi connectivity index (χ2v) is 8.25. The molecule has 4 aromatic rings. The van der Waals surface area contributed by atoms with E-state index in [1.54, 1.807) is 48.0 Å². The lowest BCUT2D eigenvalue weighted by Gasteiger charge is -2.08. The standard InChI is InChI=1S/C25H21Cl2N3O3/c1-3-33-19-8-9-21-20(13-19)22(23(31)25(32)29-18-10-11-28-15(2)12-18)24(27)30(21)14-16-4-6-17(26)7-5-16/h4-13H,3,14H2,1-2H3,(H,28,29,32). The van der Waals surface area contributed by atoms with Gasteiger partial charge < -0.3 is 14.6 Å². The van der Waals surface area contributed by atoms with E-state index in [4.69, 9.17) is 27.9 Å². The molecular formula is C25H21Cl2N3O3. The van der Waals surface area contributed by atoms with Crippen LogP contribution in [0.15, 0.2) is 60.8 Å². The van der Waals surface area contributed by atoms with Gasteiger partial charge >= 0.3 is 0 Å². The van der Waals surface area contributed by atoms with E-state index in [2.05, 4.69) is 10.3 Å². The molecule has 0 aliphatic heterocycles. The average Bonchev–Trinajstić information content (AvgIpc) is 3.05. The minimum Gasteiger partial charge on any atom is -0.494 e. The molecule has 0 fully saturated rings. The first kappa shape index (κ1) is 22.8. The molecule has 6 nitrogen and oxygen atoms in total. The minimum absolute atomic E-state index is 0.130. The molecule has 2 heterocycles. The van der Waals surface area contributed by atoms with Gasteiger partial charge in [-0.05, 0) is 61.9 Å². The predicted molar refractivity (Wildman–Crippen MR) is 131 cm³/mol. The summed E-state index contributed by atoms with van der Waals surface area (Å²) in [6.07, 6.45) is 1.56. The fourth-order valence-electron chi connectivity index (χ4n) is 3.63. The third kappa shape index (κ3) is 4.87. The lowest BCUT2D eigenvalue weighted by molar-refractivity contribution is -0.112. The number of aromatic nitrogens is 2. The smallest absolute Gasteiger partial charge is 0.296 e. The lowest BCUT2D eigenvalue weighted by Crippen LogP contribution is -2.23. The molecule has 4 rings (SSSR count). The minimum atomic E-state index is -0.783. The number of Topliss-reactive ketones (excluding diaryl/α,β-unsaturated/α-hetero) is 1. The average molecular weight is 482 g/mol. The number of halogens is 2. The summed E-state index contributed by atoms with van der Waals surface area (Å²) in [5.74, 6) is -0.928. The van der Waals surface area contributed by atoms with Crippen LogP contribution in [-0.2, 0) is 11.3 Å². The zero-order valence-corrected chi connectivity index (χ0v) is 19.6. The summed E-state index contributed by atoms with van der Waals surface area (Å²) in [6, 6.07) is 16.1. The van der Waals surface area contributed by atoms with Crippen molar-refractivity contribution in [3.05, 3.63) is 87.8 Å². The number of hydrogen-bond acceptors (Lipinski definition) is 4. The molecule has 168 valence electrons. The number of ketones is 1. The molecule has 33 heavy (non-hydrogen) atoms. The number of fused-ring (bicyclic) bond motifs is 1. The van der Waals surface area contributed by atoms with Crippen LogP contribution in [0.4, 0.5) is 5.69 Å². The highest BCUT2D eigenvalue weighted by molar-refractivity contribution is 6.51. The van der Waals surface area contributed by atoms with E-state index in [1.165, 1.54) is 0 Å².